The summed E-state index contributed by atoms with van der Waals surface area (Å²) < 4.78 is 18.9. The number of aryl methyl sites for hydroxylation is 1. The van der Waals surface area contributed by atoms with E-state index >= 15 is 0 Å². The summed E-state index contributed by atoms with van der Waals surface area (Å²) in [6, 6.07) is 14.8. The van der Waals surface area contributed by atoms with Gasteiger partial charge in [-0.25, -0.2) is 9.38 Å². The summed E-state index contributed by atoms with van der Waals surface area (Å²) in [6.45, 7) is 2.05. The SMILES string of the molecule is C[C@H](N=C1CCc2cc(F)ccc2O1)c1ccccc1. The molecule has 3 rings (SSSR count). The van der Waals surface area contributed by atoms with Gasteiger partial charge < -0.3 is 4.74 Å². The topological polar surface area (TPSA) is 21.6 Å². The predicted octanol–water partition coefficient (Wildman–Crippen LogP) is 4.31. The number of hydrogen-bond acceptors (Lipinski definition) is 2. The van der Waals surface area contributed by atoms with Crippen molar-refractivity contribution in [2.24, 2.45) is 4.99 Å². The van der Waals surface area contributed by atoms with Crippen LogP contribution in [0.15, 0.2) is 53.5 Å². The zero-order chi connectivity index (χ0) is 13.9. The van der Waals surface area contributed by atoms with Crippen LogP contribution in [-0.2, 0) is 6.42 Å². The van der Waals surface area contributed by atoms with Gasteiger partial charge in [0.25, 0.3) is 0 Å². The van der Waals surface area contributed by atoms with E-state index in [2.05, 4.69) is 17.1 Å². The summed E-state index contributed by atoms with van der Waals surface area (Å²) in [5.41, 5.74) is 2.07. The number of rotatable bonds is 2. The van der Waals surface area contributed by atoms with Gasteiger partial charge in [-0.1, -0.05) is 30.3 Å². The molecular formula is C17H16FNO. The minimum atomic E-state index is -0.217. The van der Waals surface area contributed by atoms with Crippen molar-refractivity contribution in [2.75, 3.05) is 0 Å². The molecule has 0 aliphatic carbocycles. The van der Waals surface area contributed by atoms with E-state index in [0.717, 1.165) is 29.2 Å². The van der Waals surface area contributed by atoms with E-state index in [1.54, 1.807) is 6.07 Å². The first-order valence-electron chi connectivity index (χ1n) is 6.80. The number of benzene rings is 2. The zero-order valence-corrected chi connectivity index (χ0v) is 11.3. The van der Waals surface area contributed by atoms with E-state index in [9.17, 15) is 4.39 Å². The van der Waals surface area contributed by atoms with Gasteiger partial charge in [0.2, 0.25) is 0 Å². The van der Waals surface area contributed by atoms with Crippen molar-refractivity contribution >= 4 is 5.90 Å². The second kappa shape index (κ2) is 5.45. The first-order valence-corrected chi connectivity index (χ1v) is 6.80. The third-order valence-electron chi connectivity index (χ3n) is 3.48. The lowest BCUT2D eigenvalue weighted by molar-refractivity contribution is 0.490. The molecule has 0 aromatic heterocycles. The Morgan fingerprint density at radius 1 is 1.10 bits per heavy atom. The number of halogens is 1. The van der Waals surface area contributed by atoms with Crippen LogP contribution in [0, 0.1) is 5.82 Å². The smallest absolute Gasteiger partial charge is 0.191 e. The molecule has 2 aromatic carbocycles. The average molecular weight is 269 g/mol. The van der Waals surface area contributed by atoms with Gasteiger partial charge in [0, 0.05) is 6.42 Å². The van der Waals surface area contributed by atoms with Crippen molar-refractivity contribution in [1.82, 2.24) is 0 Å². The molecule has 0 amide bonds. The van der Waals surface area contributed by atoms with Crippen LogP contribution in [0.3, 0.4) is 0 Å². The van der Waals surface area contributed by atoms with Gasteiger partial charge in [-0.2, -0.15) is 0 Å². The summed E-state index contributed by atoms with van der Waals surface area (Å²) in [6.07, 6.45) is 1.49. The highest BCUT2D eigenvalue weighted by molar-refractivity contribution is 5.81. The molecule has 0 radical (unpaired) electrons. The molecule has 1 aliphatic heterocycles. The van der Waals surface area contributed by atoms with Gasteiger partial charge in [0.15, 0.2) is 5.90 Å². The third-order valence-corrected chi connectivity index (χ3v) is 3.48. The molecule has 2 aromatic rings. The first-order chi connectivity index (χ1) is 9.72. The van der Waals surface area contributed by atoms with Crippen molar-refractivity contribution in [3.8, 4) is 5.75 Å². The molecule has 1 aliphatic rings. The molecule has 0 fully saturated rings. The van der Waals surface area contributed by atoms with Crippen LogP contribution < -0.4 is 4.74 Å². The van der Waals surface area contributed by atoms with Crippen molar-refractivity contribution in [1.29, 1.82) is 0 Å². The summed E-state index contributed by atoms with van der Waals surface area (Å²) >= 11 is 0. The van der Waals surface area contributed by atoms with Crippen molar-refractivity contribution in [3.05, 3.63) is 65.5 Å². The Kier molecular flexibility index (Phi) is 3.50. The summed E-state index contributed by atoms with van der Waals surface area (Å²) in [7, 11) is 0. The highest BCUT2D eigenvalue weighted by atomic mass is 19.1. The van der Waals surface area contributed by atoms with Crippen molar-refractivity contribution in [3.63, 3.8) is 0 Å². The fraction of sp³-hybridized carbons (Fsp3) is 0.235. The fourth-order valence-corrected chi connectivity index (χ4v) is 2.38. The van der Waals surface area contributed by atoms with Crippen molar-refractivity contribution in [2.45, 2.75) is 25.8 Å². The minimum Gasteiger partial charge on any atom is -0.443 e. The van der Waals surface area contributed by atoms with Gasteiger partial charge in [-0.05, 0) is 42.7 Å². The monoisotopic (exact) mass is 269 g/mol. The van der Waals surface area contributed by atoms with E-state index in [1.165, 1.54) is 12.1 Å². The third kappa shape index (κ3) is 2.72. The molecule has 20 heavy (non-hydrogen) atoms. The molecular weight excluding hydrogens is 253 g/mol. The summed E-state index contributed by atoms with van der Waals surface area (Å²) in [4.78, 5) is 4.63. The number of nitrogens with zero attached hydrogens (tertiary/aromatic N) is 1. The molecule has 1 atom stereocenters. The molecule has 0 N–H and O–H groups in total. The number of aliphatic imine (C=N–C) groups is 1. The Morgan fingerprint density at radius 3 is 2.70 bits per heavy atom. The Bertz CT molecular complexity index is 637. The minimum absolute atomic E-state index is 0.0631. The van der Waals surface area contributed by atoms with Crippen LogP contribution in [-0.4, -0.2) is 5.90 Å². The molecule has 0 saturated heterocycles. The van der Waals surface area contributed by atoms with Crippen LogP contribution in [0.4, 0.5) is 4.39 Å². The molecule has 0 spiro atoms. The largest absolute Gasteiger partial charge is 0.443 e. The maximum atomic E-state index is 13.1. The second-order valence-electron chi connectivity index (χ2n) is 4.96. The maximum Gasteiger partial charge on any atom is 0.191 e. The second-order valence-corrected chi connectivity index (χ2v) is 4.96. The van der Waals surface area contributed by atoms with Gasteiger partial charge in [-0.15, -0.1) is 0 Å². The molecule has 2 nitrogen and oxygen atoms in total. The number of fused-ring (bicyclic) bond motifs is 1. The number of ether oxygens (including phenoxy) is 1. The van der Waals surface area contributed by atoms with Crippen LogP contribution >= 0.6 is 0 Å². The van der Waals surface area contributed by atoms with E-state index in [-0.39, 0.29) is 11.9 Å². The van der Waals surface area contributed by atoms with E-state index < -0.39 is 0 Å². The summed E-state index contributed by atoms with van der Waals surface area (Å²) in [5, 5.41) is 0. The predicted molar refractivity (Wildman–Crippen MR) is 77.6 cm³/mol. The zero-order valence-electron chi connectivity index (χ0n) is 11.3. The first kappa shape index (κ1) is 12.9. The van der Waals surface area contributed by atoms with E-state index in [4.69, 9.17) is 4.74 Å². The number of hydrogen-bond donors (Lipinski definition) is 0. The Balaban J connectivity index is 1.80. The van der Waals surface area contributed by atoms with Crippen molar-refractivity contribution < 1.29 is 9.13 Å². The van der Waals surface area contributed by atoms with Crippen LogP contribution in [0.25, 0.3) is 0 Å². The molecule has 1 heterocycles. The molecule has 102 valence electrons. The van der Waals surface area contributed by atoms with Gasteiger partial charge in [0.1, 0.15) is 11.6 Å². The summed E-state index contributed by atoms with van der Waals surface area (Å²) in [5.74, 6) is 1.22. The Hall–Kier alpha value is -2.16. The highest BCUT2D eigenvalue weighted by Crippen LogP contribution is 2.27. The standard InChI is InChI=1S/C17H16FNO/c1-12(13-5-3-2-4-6-13)19-17-10-7-14-11-15(18)8-9-16(14)20-17/h2-6,8-9,11-12H,7,10H2,1H3/t12-/m0/s1. The Morgan fingerprint density at radius 2 is 1.90 bits per heavy atom. The molecule has 0 bridgehead atoms. The maximum absolute atomic E-state index is 13.1. The van der Waals surface area contributed by atoms with E-state index in [1.807, 2.05) is 25.1 Å². The van der Waals surface area contributed by atoms with Gasteiger partial charge in [0.05, 0.1) is 6.04 Å². The quantitative estimate of drug-likeness (QED) is 0.796. The van der Waals surface area contributed by atoms with E-state index in [0.29, 0.717) is 6.42 Å². The lowest BCUT2D eigenvalue weighted by Crippen LogP contribution is -2.17. The van der Waals surface area contributed by atoms with Gasteiger partial charge in [-0.3, -0.25) is 0 Å². The average Bonchev–Trinajstić information content (AvgIpc) is 2.48. The van der Waals surface area contributed by atoms with Gasteiger partial charge >= 0.3 is 0 Å². The van der Waals surface area contributed by atoms with Crippen LogP contribution in [0.1, 0.15) is 30.5 Å². The molecule has 0 unspecified atom stereocenters. The lowest BCUT2D eigenvalue weighted by atomic mass is 10.1. The van der Waals surface area contributed by atoms with Crippen LogP contribution in [0.5, 0.6) is 5.75 Å². The lowest BCUT2D eigenvalue weighted by Gasteiger charge is -2.19. The van der Waals surface area contributed by atoms with Crippen LogP contribution in [0.2, 0.25) is 0 Å². The molecule has 0 saturated carbocycles. The fourth-order valence-electron chi connectivity index (χ4n) is 2.38. The normalized spacial score (nSPS) is 17.4. The molecule has 3 heteroatoms. The highest BCUT2D eigenvalue weighted by Gasteiger charge is 2.17. The Labute approximate surface area is 117 Å².